The van der Waals surface area contributed by atoms with Crippen LogP contribution in [-0.4, -0.2) is 40.9 Å². The van der Waals surface area contributed by atoms with E-state index < -0.39 is 0 Å². The highest BCUT2D eigenvalue weighted by Crippen LogP contribution is 2.09. The van der Waals surface area contributed by atoms with Gasteiger partial charge in [0.1, 0.15) is 10.1 Å². The highest BCUT2D eigenvalue weighted by Gasteiger charge is 2.01. The second-order valence-corrected chi connectivity index (χ2v) is 4.63. The zero-order chi connectivity index (χ0) is 13.3. The van der Waals surface area contributed by atoms with E-state index in [4.69, 9.17) is 12.2 Å². The molecule has 0 atom stereocenters. The molecule has 3 nitrogen and oxygen atoms in total. The van der Waals surface area contributed by atoms with Crippen molar-refractivity contribution >= 4 is 35.0 Å². The van der Waals surface area contributed by atoms with E-state index in [0.717, 1.165) is 5.82 Å². The third-order valence-corrected chi connectivity index (χ3v) is 3.15. The molecule has 0 aliphatic carbocycles. The Kier molecular flexibility index (Phi) is 9.21. The maximum absolute atomic E-state index is 4.84. The Balaban J connectivity index is 0.000000325. The van der Waals surface area contributed by atoms with E-state index in [0.29, 0.717) is 4.32 Å². The molecule has 1 aromatic rings. The van der Waals surface area contributed by atoms with Crippen molar-refractivity contribution in [3.05, 3.63) is 18.3 Å². The van der Waals surface area contributed by atoms with Crippen molar-refractivity contribution in [3.8, 4) is 0 Å². The Hall–Kier alpha value is -0.520. The Morgan fingerprint density at radius 1 is 1.29 bits per heavy atom. The lowest BCUT2D eigenvalue weighted by Gasteiger charge is -2.13. The molecule has 98 valence electrons. The summed E-state index contributed by atoms with van der Waals surface area (Å²) in [6.45, 7) is 10.1. The second-order valence-electron chi connectivity index (χ2n) is 3.52. The van der Waals surface area contributed by atoms with Crippen molar-refractivity contribution in [3.63, 3.8) is 0 Å². The zero-order valence-electron chi connectivity index (χ0n) is 11.1. The number of H-pyrrole nitrogens is 1. The molecule has 1 heterocycles. The zero-order valence-corrected chi connectivity index (χ0v) is 12.8. The minimum absolute atomic E-state index is 0.558. The lowest BCUT2D eigenvalue weighted by molar-refractivity contribution is 0.321. The molecular formula is C12H23N3S2. The SMILES string of the molecule is CCN(CC)CC.CN(C(=S)S)c1ccc[nH]1. The van der Waals surface area contributed by atoms with E-state index in [2.05, 4.69) is 43.3 Å². The predicted molar refractivity (Wildman–Crippen MR) is 84.2 cm³/mol. The van der Waals surface area contributed by atoms with E-state index in [1.807, 2.05) is 25.4 Å². The van der Waals surface area contributed by atoms with Gasteiger partial charge in [-0.1, -0.05) is 33.0 Å². The smallest absolute Gasteiger partial charge is 0.138 e. The van der Waals surface area contributed by atoms with Crippen LogP contribution in [0.25, 0.3) is 0 Å². The third kappa shape index (κ3) is 6.71. The normalized spacial score (nSPS) is 9.76. The molecular weight excluding hydrogens is 250 g/mol. The van der Waals surface area contributed by atoms with Crippen LogP contribution in [0.5, 0.6) is 0 Å². The van der Waals surface area contributed by atoms with Crippen molar-refractivity contribution in [2.24, 2.45) is 0 Å². The fraction of sp³-hybridized carbons (Fsp3) is 0.583. The summed E-state index contributed by atoms with van der Waals surface area (Å²) >= 11 is 8.85. The topological polar surface area (TPSA) is 22.3 Å². The van der Waals surface area contributed by atoms with Crippen LogP contribution >= 0.6 is 24.8 Å². The van der Waals surface area contributed by atoms with Gasteiger partial charge in [0.25, 0.3) is 0 Å². The Bertz CT molecular complexity index is 289. The molecule has 1 N–H and O–H groups in total. The summed E-state index contributed by atoms with van der Waals surface area (Å²) in [4.78, 5) is 7.17. The van der Waals surface area contributed by atoms with Crippen molar-refractivity contribution in [1.29, 1.82) is 0 Å². The summed E-state index contributed by atoms with van der Waals surface area (Å²) in [5, 5.41) is 0. The van der Waals surface area contributed by atoms with Crippen LogP contribution in [0.4, 0.5) is 5.82 Å². The molecule has 0 amide bonds. The summed E-state index contributed by atoms with van der Waals surface area (Å²) in [7, 11) is 1.86. The van der Waals surface area contributed by atoms with Crippen molar-refractivity contribution < 1.29 is 0 Å². The molecule has 17 heavy (non-hydrogen) atoms. The highest BCUT2D eigenvalue weighted by molar-refractivity contribution is 8.11. The average Bonchev–Trinajstić information content (AvgIpc) is 2.84. The fourth-order valence-electron chi connectivity index (χ4n) is 1.30. The van der Waals surface area contributed by atoms with Crippen LogP contribution in [0.3, 0.4) is 0 Å². The molecule has 5 heteroatoms. The number of aromatic amines is 1. The van der Waals surface area contributed by atoms with Gasteiger partial charge in [-0.2, -0.15) is 0 Å². The van der Waals surface area contributed by atoms with Crippen LogP contribution in [-0.2, 0) is 0 Å². The quantitative estimate of drug-likeness (QED) is 0.651. The number of hydrogen-bond donors (Lipinski definition) is 2. The minimum Gasteiger partial charge on any atom is -0.348 e. The Labute approximate surface area is 116 Å². The van der Waals surface area contributed by atoms with Gasteiger partial charge < -0.3 is 14.8 Å². The predicted octanol–water partition coefficient (Wildman–Crippen LogP) is 3.01. The first-order chi connectivity index (χ1) is 8.06. The maximum Gasteiger partial charge on any atom is 0.138 e. The average molecular weight is 273 g/mol. The molecule has 0 aliphatic heterocycles. The van der Waals surface area contributed by atoms with Crippen LogP contribution in [0, 0.1) is 0 Å². The number of thiol groups is 1. The molecule has 0 unspecified atom stereocenters. The summed E-state index contributed by atoms with van der Waals surface area (Å²) in [6.07, 6.45) is 1.85. The third-order valence-electron chi connectivity index (χ3n) is 2.57. The summed E-state index contributed by atoms with van der Waals surface area (Å²) in [5.74, 6) is 0.958. The summed E-state index contributed by atoms with van der Waals surface area (Å²) in [5.41, 5.74) is 0. The number of rotatable bonds is 4. The molecule has 0 bridgehead atoms. The van der Waals surface area contributed by atoms with Gasteiger partial charge in [-0.3, -0.25) is 0 Å². The van der Waals surface area contributed by atoms with Gasteiger partial charge in [0.05, 0.1) is 0 Å². The molecule has 0 aromatic carbocycles. The van der Waals surface area contributed by atoms with Crippen LogP contribution in [0.1, 0.15) is 20.8 Å². The highest BCUT2D eigenvalue weighted by atomic mass is 32.1. The molecule has 1 rings (SSSR count). The number of aromatic nitrogens is 1. The lowest BCUT2D eigenvalue weighted by Crippen LogP contribution is -2.21. The standard InChI is InChI=1S/C6H8N2S2.C6H15N/c1-8(6(9)10)5-3-2-4-7-5;1-4-7(5-2)6-3/h2-4,7H,1H3,(H,9,10);4-6H2,1-3H3. The first kappa shape index (κ1) is 16.5. The van der Waals surface area contributed by atoms with E-state index in [9.17, 15) is 0 Å². The van der Waals surface area contributed by atoms with Gasteiger partial charge >= 0.3 is 0 Å². The van der Waals surface area contributed by atoms with Crippen LogP contribution in [0.15, 0.2) is 18.3 Å². The van der Waals surface area contributed by atoms with Gasteiger partial charge in [0.2, 0.25) is 0 Å². The van der Waals surface area contributed by atoms with Crippen LogP contribution in [0.2, 0.25) is 0 Å². The van der Waals surface area contributed by atoms with E-state index in [1.54, 1.807) is 4.90 Å². The molecule has 0 spiro atoms. The molecule has 0 saturated carbocycles. The number of anilines is 1. The number of hydrogen-bond acceptors (Lipinski definition) is 2. The molecule has 1 aromatic heterocycles. The van der Waals surface area contributed by atoms with Crippen LogP contribution < -0.4 is 4.90 Å². The molecule has 0 fully saturated rings. The van der Waals surface area contributed by atoms with Crippen molar-refractivity contribution in [2.75, 3.05) is 31.6 Å². The number of nitrogens with zero attached hydrogens (tertiary/aromatic N) is 2. The lowest BCUT2D eigenvalue weighted by atomic mass is 10.5. The van der Waals surface area contributed by atoms with Gasteiger partial charge in [-0.25, -0.2) is 0 Å². The van der Waals surface area contributed by atoms with Crippen molar-refractivity contribution in [2.45, 2.75) is 20.8 Å². The molecule has 0 radical (unpaired) electrons. The molecule has 0 aliphatic rings. The summed E-state index contributed by atoms with van der Waals surface area (Å²) < 4.78 is 0.558. The number of nitrogens with one attached hydrogen (secondary N) is 1. The van der Waals surface area contributed by atoms with E-state index >= 15 is 0 Å². The largest absolute Gasteiger partial charge is 0.348 e. The fourth-order valence-corrected chi connectivity index (χ4v) is 1.51. The first-order valence-electron chi connectivity index (χ1n) is 5.89. The van der Waals surface area contributed by atoms with Gasteiger partial charge in [-0.05, 0) is 31.8 Å². The Morgan fingerprint density at radius 3 is 2.06 bits per heavy atom. The maximum atomic E-state index is 4.84. The van der Waals surface area contributed by atoms with E-state index in [-0.39, 0.29) is 0 Å². The van der Waals surface area contributed by atoms with Crippen molar-refractivity contribution in [1.82, 2.24) is 9.88 Å². The minimum atomic E-state index is 0.558. The summed E-state index contributed by atoms with van der Waals surface area (Å²) in [6, 6.07) is 3.85. The molecule has 0 saturated heterocycles. The second kappa shape index (κ2) is 9.50. The Morgan fingerprint density at radius 2 is 1.82 bits per heavy atom. The van der Waals surface area contributed by atoms with E-state index in [1.165, 1.54) is 19.6 Å². The number of thiocarbonyl (C=S) groups is 1. The van der Waals surface area contributed by atoms with Gasteiger partial charge in [0.15, 0.2) is 0 Å². The monoisotopic (exact) mass is 273 g/mol. The van der Waals surface area contributed by atoms with Gasteiger partial charge in [-0.15, -0.1) is 12.6 Å². The van der Waals surface area contributed by atoms with Gasteiger partial charge in [0, 0.05) is 13.2 Å². The first-order valence-corrected chi connectivity index (χ1v) is 6.74.